The lowest BCUT2D eigenvalue weighted by Crippen LogP contribution is -2.31. The van der Waals surface area contributed by atoms with E-state index in [1.165, 1.54) is 6.07 Å². The highest BCUT2D eigenvalue weighted by Gasteiger charge is 2.32. The van der Waals surface area contributed by atoms with Gasteiger partial charge in [-0.25, -0.2) is 0 Å². The number of aliphatic hydroxyl groups excluding tert-OH is 1. The van der Waals surface area contributed by atoms with Gasteiger partial charge < -0.3 is 9.84 Å². The minimum atomic E-state index is -4.35. The van der Waals surface area contributed by atoms with E-state index in [0.29, 0.717) is 12.2 Å². The molecule has 19 heavy (non-hydrogen) atoms. The van der Waals surface area contributed by atoms with Crippen molar-refractivity contribution in [2.45, 2.75) is 38.1 Å². The summed E-state index contributed by atoms with van der Waals surface area (Å²) < 4.78 is 43.2. The molecule has 1 aromatic carbocycles. The van der Waals surface area contributed by atoms with Gasteiger partial charge >= 0.3 is 6.18 Å². The van der Waals surface area contributed by atoms with Crippen LogP contribution in [0, 0.1) is 5.92 Å². The summed E-state index contributed by atoms with van der Waals surface area (Å²) in [7, 11) is 0. The van der Waals surface area contributed by atoms with Gasteiger partial charge in [0, 0.05) is 13.0 Å². The first kappa shape index (κ1) is 14.3. The predicted molar refractivity (Wildman–Crippen MR) is 64.7 cm³/mol. The van der Waals surface area contributed by atoms with Crippen molar-refractivity contribution in [1.29, 1.82) is 0 Å². The van der Waals surface area contributed by atoms with Crippen LogP contribution in [0.4, 0.5) is 13.2 Å². The topological polar surface area (TPSA) is 29.5 Å². The number of rotatable bonds is 3. The third-order valence-electron chi connectivity index (χ3n) is 3.52. The maximum atomic E-state index is 12.6. The SMILES string of the molecule is CC1CCOC1C(O)Cc1cccc(C(F)(F)F)c1. The Morgan fingerprint density at radius 3 is 2.74 bits per heavy atom. The molecule has 1 fully saturated rings. The Morgan fingerprint density at radius 1 is 1.42 bits per heavy atom. The van der Waals surface area contributed by atoms with Crippen LogP contribution in [0.1, 0.15) is 24.5 Å². The lowest BCUT2D eigenvalue weighted by molar-refractivity contribution is -0.137. The molecule has 0 bridgehead atoms. The van der Waals surface area contributed by atoms with Crippen LogP contribution >= 0.6 is 0 Å². The Kier molecular flexibility index (Phi) is 4.16. The van der Waals surface area contributed by atoms with Gasteiger partial charge in [-0.3, -0.25) is 0 Å². The number of alkyl halides is 3. The molecule has 0 radical (unpaired) electrons. The molecule has 2 rings (SSSR count). The van der Waals surface area contributed by atoms with Crippen LogP contribution in [0.2, 0.25) is 0 Å². The zero-order chi connectivity index (χ0) is 14.0. The quantitative estimate of drug-likeness (QED) is 0.918. The summed E-state index contributed by atoms with van der Waals surface area (Å²) in [5, 5.41) is 10.1. The minimum absolute atomic E-state index is 0.179. The van der Waals surface area contributed by atoms with E-state index in [4.69, 9.17) is 4.74 Å². The zero-order valence-corrected chi connectivity index (χ0v) is 10.7. The van der Waals surface area contributed by atoms with Gasteiger partial charge in [-0.2, -0.15) is 13.2 Å². The van der Waals surface area contributed by atoms with E-state index in [1.54, 1.807) is 6.07 Å². The third-order valence-corrected chi connectivity index (χ3v) is 3.52. The fraction of sp³-hybridized carbons (Fsp3) is 0.571. The minimum Gasteiger partial charge on any atom is -0.390 e. The second kappa shape index (κ2) is 5.51. The molecule has 0 amide bonds. The molecule has 3 unspecified atom stereocenters. The van der Waals surface area contributed by atoms with Crippen LogP contribution in [-0.2, 0) is 17.3 Å². The fourth-order valence-electron chi connectivity index (χ4n) is 2.44. The standard InChI is InChI=1S/C14H17F3O2/c1-9-5-6-19-13(9)12(18)8-10-3-2-4-11(7-10)14(15,16)17/h2-4,7,9,12-13,18H,5-6,8H2,1H3. The van der Waals surface area contributed by atoms with E-state index >= 15 is 0 Å². The molecule has 0 saturated carbocycles. The Labute approximate surface area is 110 Å². The largest absolute Gasteiger partial charge is 0.416 e. The van der Waals surface area contributed by atoms with Crippen LogP contribution in [0.3, 0.4) is 0 Å². The zero-order valence-electron chi connectivity index (χ0n) is 10.7. The average Bonchev–Trinajstić information content (AvgIpc) is 2.75. The molecule has 2 nitrogen and oxygen atoms in total. The number of hydrogen-bond acceptors (Lipinski definition) is 2. The second-order valence-corrected chi connectivity index (χ2v) is 5.07. The molecule has 106 valence electrons. The predicted octanol–water partition coefficient (Wildman–Crippen LogP) is 3.03. The van der Waals surface area contributed by atoms with Crippen LogP contribution < -0.4 is 0 Å². The van der Waals surface area contributed by atoms with Crippen LogP contribution in [-0.4, -0.2) is 23.9 Å². The summed E-state index contributed by atoms with van der Waals surface area (Å²) in [6.07, 6.45) is -4.34. The van der Waals surface area contributed by atoms with Crippen LogP contribution in [0.5, 0.6) is 0 Å². The highest BCUT2D eigenvalue weighted by Crippen LogP contribution is 2.30. The van der Waals surface area contributed by atoms with E-state index in [1.807, 2.05) is 6.92 Å². The van der Waals surface area contributed by atoms with Crippen molar-refractivity contribution in [3.63, 3.8) is 0 Å². The first-order chi connectivity index (χ1) is 8.88. The van der Waals surface area contributed by atoms with Gasteiger partial charge in [-0.15, -0.1) is 0 Å². The number of halogens is 3. The van der Waals surface area contributed by atoms with Crippen molar-refractivity contribution in [3.05, 3.63) is 35.4 Å². The van der Waals surface area contributed by atoms with Gasteiger partial charge in [0.1, 0.15) is 0 Å². The Hall–Kier alpha value is -1.07. The maximum Gasteiger partial charge on any atom is 0.416 e. The third kappa shape index (κ3) is 3.48. The van der Waals surface area contributed by atoms with E-state index in [-0.39, 0.29) is 18.4 Å². The summed E-state index contributed by atoms with van der Waals surface area (Å²) in [6.45, 7) is 2.58. The van der Waals surface area contributed by atoms with Gasteiger partial charge in [-0.05, 0) is 24.0 Å². The van der Waals surface area contributed by atoms with Crippen molar-refractivity contribution in [1.82, 2.24) is 0 Å². The van der Waals surface area contributed by atoms with Crippen LogP contribution in [0.25, 0.3) is 0 Å². The normalized spacial score (nSPS) is 25.5. The molecular formula is C14H17F3O2. The molecule has 5 heteroatoms. The molecule has 1 saturated heterocycles. The van der Waals surface area contributed by atoms with E-state index in [0.717, 1.165) is 18.6 Å². The summed E-state index contributed by atoms with van der Waals surface area (Å²) >= 11 is 0. The molecule has 3 atom stereocenters. The van der Waals surface area contributed by atoms with E-state index < -0.39 is 17.8 Å². The molecule has 1 heterocycles. The monoisotopic (exact) mass is 274 g/mol. The lowest BCUT2D eigenvalue weighted by atomic mass is 9.94. The lowest BCUT2D eigenvalue weighted by Gasteiger charge is -2.21. The number of ether oxygens (including phenoxy) is 1. The Bertz CT molecular complexity index is 431. The molecule has 1 aromatic rings. The smallest absolute Gasteiger partial charge is 0.390 e. The highest BCUT2D eigenvalue weighted by atomic mass is 19.4. The second-order valence-electron chi connectivity index (χ2n) is 5.07. The summed E-state index contributed by atoms with van der Waals surface area (Å²) in [5.41, 5.74) is -0.206. The van der Waals surface area contributed by atoms with E-state index in [2.05, 4.69) is 0 Å². The van der Waals surface area contributed by atoms with Crippen molar-refractivity contribution in [3.8, 4) is 0 Å². The molecule has 0 aromatic heterocycles. The van der Waals surface area contributed by atoms with Crippen LogP contribution in [0.15, 0.2) is 24.3 Å². The highest BCUT2D eigenvalue weighted by molar-refractivity contribution is 5.26. The summed E-state index contributed by atoms with van der Waals surface area (Å²) in [5.74, 6) is 0.237. The molecule has 1 N–H and O–H groups in total. The van der Waals surface area contributed by atoms with Gasteiger partial charge in [0.15, 0.2) is 0 Å². The number of benzene rings is 1. The van der Waals surface area contributed by atoms with Crippen molar-refractivity contribution >= 4 is 0 Å². The molecular weight excluding hydrogens is 257 g/mol. The first-order valence-electron chi connectivity index (χ1n) is 6.33. The Balaban J connectivity index is 2.06. The molecule has 0 spiro atoms. The summed E-state index contributed by atoms with van der Waals surface area (Å²) in [4.78, 5) is 0. The summed E-state index contributed by atoms with van der Waals surface area (Å²) in [6, 6.07) is 5.08. The van der Waals surface area contributed by atoms with Crippen molar-refractivity contribution in [2.24, 2.45) is 5.92 Å². The van der Waals surface area contributed by atoms with Crippen molar-refractivity contribution < 1.29 is 23.0 Å². The van der Waals surface area contributed by atoms with Gasteiger partial charge in [-0.1, -0.05) is 25.1 Å². The molecule has 1 aliphatic rings. The van der Waals surface area contributed by atoms with Crippen molar-refractivity contribution in [2.75, 3.05) is 6.61 Å². The first-order valence-corrected chi connectivity index (χ1v) is 6.33. The molecule has 1 aliphatic heterocycles. The fourth-order valence-corrected chi connectivity index (χ4v) is 2.44. The van der Waals surface area contributed by atoms with Gasteiger partial charge in [0.2, 0.25) is 0 Å². The number of hydrogen-bond donors (Lipinski definition) is 1. The molecule has 0 aliphatic carbocycles. The van der Waals surface area contributed by atoms with Gasteiger partial charge in [0.05, 0.1) is 17.8 Å². The Morgan fingerprint density at radius 2 is 2.16 bits per heavy atom. The van der Waals surface area contributed by atoms with E-state index in [9.17, 15) is 18.3 Å². The maximum absolute atomic E-state index is 12.6. The average molecular weight is 274 g/mol. The number of aliphatic hydroxyl groups is 1. The van der Waals surface area contributed by atoms with Gasteiger partial charge in [0.25, 0.3) is 0 Å².